The molecule has 1 N–H and O–H groups in total. The molecular formula is C11H21N. The third-order valence-corrected chi connectivity index (χ3v) is 2.75. The Bertz CT molecular complexity index is 127. The van der Waals surface area contributed by atoms with Crippen LogP contribution in [-0.4, -0.2) is 12.6 Å². The SMILES string of the molecule is C=CCCNC(C)CC1CCC1. The van der Waals surface area contributed by atoms with Crippen LogP contribution in [0.15, 0.2) is 12.7 Å². The van der Waals surface area contributed by atoms with Gasteiger partial charge in [0, 0.05) is 6.04 Å². The Hall–Kier alpha value is -0.300. The second-order valence-electron chi connectivity index (χ2n) is 3.97. The van der Waals surface area contributed by atoms with E-state index in [1.54, 1.807) is 0 Å². The molecule has 0 amide bonds. The maximum absolute atomic E-state index is 3.71. The van der Waals surface area contributed by atoms with Crippen molar-refractivity contribution >= 4 is 0 Å². The van der Waals surface area contributed by atoms with E-state index in [0.717, 1.165) is 18.9 Å². The number of hydrogen-bond acceptors (Lipinski definition) is 1. The molecule has 12 heavy (non-hydrogen) atoms. The zero-order valence-corrected chi connectivity index (χ0v) is 8.18. The lowest BCUT2D eigenvalue weighted by Crippen LogP contribution is -2.30. The summed E-state index contributed by atoms with van der Waals surface area (Å²) in [5.74, 6) is 1.02. The van der Waals surface area contributed by atoms with E-state index < -0.39 is 0 Å². The highest BCUT2D eigenvalue weighted by molar-refractivity contribution is 4.76. The minimum absolute atomic E-state index is 0.704. The quantitative estimate of drug-likeness (QED) is 0.474. The third-order valence-electron chi connectivity index (χ3n) is 2.75. The average molecular weight is 167 g/mol. The Morgan fingerprint density at radius 3 is 2.83 bits per heavy atom. The fourth-order valence-corrected chi connectivity index (χ4v) is 1.74. The van der Waals surface area contributed by atoms with Gasteiger partial charge in [0.2, 0.25) is 0 Å². The van der Waals surface area contributed by atoms with Crippen molar-refractivity contribution in [3.05, 3.63) is 12.7 Å². The van der Waals surface area contributed by atoms with E-state index in [4.69, 9.17) is 0 Å². The average Bonchev–Trinajstić information content (AvgIpc) is 1.98. The highest BCUT2D eigenvalue weighted by atomic mass is 14.9. The molecule has 1 aliphatic carbocycles. The molecule has 70 valence electrons. The van der Waals surface area contributed by atoms with Gasteiger partial charge in [-0.3, -0.25) is 0 Å². The molecule has 0 aromatic heterocycles. The van der Waals surface area contributed by atoms with Crippen molar-refractivity contribution in [1.29, 1.82) is 0 Å². The van der Waals surface area contributed by atoms with Gasteiger partial charge in [-0.05, 0) is 32.2 Å². The molecule has 1 unspecified atom stereocenters. The predicted molar refractivity (Wildman–Crippen MR) is 54.2 cm³/mol. The van der Waals surface area contributed by atoms with Crippen LogP contribution >= 0.6 is 0 Å². The summed E-state index contributed by atoms with van der Waals surface area (Å²) in [6.45, 7) is 7.09. The molecule has 1 rings (SSSR count). The first-order valence-corrected chi connectivity index (χ1v) is 5.17. The van der Waals surface area contributed by atoms with Gasteiger partial charge in [-0.25, -0.2) is 0 Å². The van der Waals surface area contributed by atoms with Crippen LogP contribution in [0.2, 0.25) is 0 Å². The van der Waals surface area contributed by atoms with Crippen LogP contribution < -0.4 is 5.32 Å². The van der Waals surface area contributed by atoms with E-state index >= 15 is 0 Å². The molecular weight excluding hydrogens is 146 g/mol. The zero-order chi connectivity index (χ0) is 8.81. The summed E-state index contributed by atoms with van der Waals surface area (Å²) in [4.78, 5) is 0. The Labute approximate surface area is 76.2 Å². The Balaban J connectivity index is 1.94. The van der Waals surface area contributed by atoms with Crippen LogP contribution in [-0.2, 0) is 0 Å². The summed E-state index contributed by atoms with van der Waals surface area (Å²) in [6, 6.07) is 0.704. The van der Waals surface area contributed by atoms with Crippen LogP contribution in [0.3, 0.4) is 0 Å². The normalized spacial score (nSPS) is 20.1. The van der Waals surface area contributed by atoms with Gasteiger partial charge < -0.3 is 5.32 Å². The van der Waals surface area contributed by atoms with Gasteiger partial charge in [0.05, 0.1) is 0 Å². The number of rotatable bonds is 6. The first kappa shape index (κ1) is 9.79. The van der Waals surface area contributed by atoms with Crippen molar-refractivity contribution in [2.45, 2.75) is 45.1 Å². The van der Waals surface area contributed by atoms with Gasteiger partial charge in [0.1, 0.15) is 0 Å². The summed E-state index contributed by atoms with van der Waals surface area (Å²) in [5, 5.41) is 3.51. The zero-order valence-electron chi connectivity index (χ0n) is 8.18. The lowest BCUT2D eigenvalue weighted by Gasteiger charge is -2.28. The van der Waals surface area contributed by atoms with Crippen molar-refractivity contribution in [3.8, 4) is 0 Å². The van der Waals surface area contributed by atoms with Crippen molar-refractivity contribution < 1.29 is 0 Å². The van der Waals surface area contributed by atoms with E-state index in [1.807, 2.05) is 6.08 Å². The lowest BCUT2D eigenvalue weighted by atomic mass is 9.81. The van der Waals surface area contributed by atoms with Crippen molar-refractivity contribution in [2.24, 2.45) is 5.92 Å². The summed E-state index contributed by atoms with van der Waals surface area (Å²) in [5.41, 5.74) is 0. The maximum Gasteiger partial charge on any atom is 0.00414 e. The molecule has 0 aromatic carbocycles. The van der Waals surface area contributed by atoms with E-state index in [1.165, 1.54) is 25.7 Å². The molecule has 0 aromatic rings. The number of hydrogen-bond donors (Lipinski definition) is 1. The van der Waals surface area contributed by atoms with Gasteiger partial charge in [0.15, 0.2) is 0 Å². The Morgan fingerprint density at radius 1 is 1.58 bits per heavy atom. The lowest BCUT2D eigenvalue weighted by molar-refractivity contribution is 0.266. The van der Waals surface area contributed by atoms with Gasteiger partial charge in [0.25, 0.3) is 0 Å². The maximum atomic E-state index is 3.71. The van der Waals surface area contributed by atoms with Gasteiger partial charge >= 0.3 is 0 Å². The van der Waals surface area contributed by atoms with Gasteiger partial charge in [-0.15, -0.1) is 6.58 Å². The van der Waals surface area contributed by atoms with Crippen LogP contribution in [0, 0.1) is 5.92 Å². The van der Waals surface area contributed by atoms with Crippen molar-refractivity contribution in [3.63, 3.8) is 0 Å². The van der Waals surface area contributed by atoms with E-state index in [2.05, 4.69) is 18.8 Å². The molecule has 1 aliphatic rings. The highest BCUT2D eigenvalue weighted by Gasteiger charge is 2.19. The smallest absolute Gasteiger partial charge is 0.00414 e. The standard InChI is InChI=1S/C11H21N/c1-3-4-8-12-10(2)9-11-6-5-7-11/h3,10-12H,1,4-9H2,2H3. The Morgan fingerprint density at radius 2 is 2.33 bits per heavy atom. The first-order chi connectivity index (χ1) is 5.83. The molecule has 0 spiro atoms. The minimum Gasteiger partial charge on any atom is -0.314 e. The van der Waals surface area contributed by atoms with Crippen LogP contribution in [0.4, 0.5) is 0 Å². The fourth-order valence-electron chi connectivity index (χ4n) is 1.74. The largest absolute Gasteiger partial charge is 0.314 e. The first-order valence-electron chi connectivity index (χ1n) is 5.17. The molecule has 0 aliphatic heterocycles. The minimum atomic E-state index is 0.704. The van der Waals surface area contributed by atoms with E-state index in [9.17, 15) is 0 Å². The highest BCUT2D eigenvalue weighted by Crippen LogP contribution is 2.30. The summed E-state index contributed by atoms with van der Waals surface area (Å²) >= 11 is 0. The third kappa shape index (κ3) is 3.40. The predicted octanol–water partition coefficient (Wildman–Crippen LogP) is 2.73. The molecule has 1 nitrogen and oxygen atoms in total. The topological polar surface area (TPSA) is 12.0 Å². The Kier molecular flexibility index (Phi) is 4.37. The molecule has 1 atom stereocenters. The van der Waals surface area contributed by atoms with Gasteiger partial charge in [-0.1, -0.05) is 25.3 Å². The van der Waals surface area contributed by atoms with Crippen molar-refractivity contribution in [1.82, 2.24) is 5.32 Å². The molecule has 0 radical (unpaired) electrons. The summed E-state index contributed by atoms with van der Waals surface area (Å²) in [6.07, 6.45) is 8.83. The fraction of sp³-hybridized carbons (Fsp3) is 0.818. The monoisotopic (exact) mass is 167 g/mol. The molecule has 1 fully saturated rings. The molecule has 0 heterocycles. The van der Waals surface area contributed by atoms with Gasteiger partial charge in [-0.2, -0.15) is 0 Å². The van der Waals surface area contributed by atoms with Crippen LogP contribution in [0.5, 0.6) is 0 Å². The molecule has 1 heteroatoms. The molecule has 0 saturated heterocycles. The second kappa shape index (κ2) is 5.36. The number of nitrogens with one attached hydrogen (secondary N) is 1. The van der Waals surface area contributed by atoms with Crippen LogP contribution in [0.25, 0.3) is 0 Å². The molecule has 0 bridgehead atoms. The molecule has 1 saturated carbocycles. The van der Waals surface area contributed by atoms with E-state index in [-0.39, 0.29) is 0 Å². The van der Waals surface area contributed by atoms with Crippen molar-refractivity contribution in [2.75, 3.05) is 6.54 Å². The van der Waals surface area contributed by atoms with Crippen LogP contribution in [0.1, 0.15) is 39.0 Å². The summed E-state index contributed by atoms with van der Waals surface area (Å²) in [7, 11) is 0. The summed E-state index contributed by atoms with van der Waals surface area (Å²) < 4.78 is 0. The van der Waals surface area contributed by atoms with E-state index in [0.29, 0.717) is 6.04 Å². The second-order valence-corrected chi connectivity index (χ2v) is 3.97.